The highest BCUT2D eigenvalue weighted by Gasteiger charge is 2.23. The summed E-state index contributed by atoms with van der Waals surface area (Å²) in [5.74, 6) is -0.798. The standard InChI is InChI=1S/C20H19NO5S/c1-14(15-6-5-7-17(22)12-15)21-20(23)19-16(10-11-26-19)13-27(24,25)18-8-3-2-4-9-18/h2-12,14,22H,13H2,1H3,(H,21,23). The van der Waals surface area contributed by atoms with Crippen LogP contribution in [0.2, 0.25) is 0 Å². The molecule has 1 amide bonds. The number of sulfone groups is 1. The summed E-state index contributed by atoms with van der Waals surface area (Å²) in [5, 5.41) is 12.3. The van der Waals surface area contributed by atoms with E-state index in [0.717, 1.165) is 0 Å². The van der Waals surface area contributed by atoms with Gasteiger partial charge in [0, 0.05) is 5.56 Å². The minimum Gasteiger partial charge on any atom is -0.508 e. The molecule has 3 aromatic rings. The van der Waals surface area contributed by atoms with Crippen LogP contribution in [0.25, 0.3) is 0 Å². The van der Waals surface area contributed by atoms with Crippen molar-refractivity contribution in [3.05, 3.63) is 83.8 Å². The largest absolute Gasteiger partial charge is 0.508 e. The van der Waals surface area contributed by atoms with E-state index in [1.54, 1.807) is 43.3 Å². The first-order valence-corrected chi connectivity index (χ1v) is 9.96. The molecule has 0 aliphatic rings. The third kappa shape index (κ3) is 4.38. The monoisotopic (exact) mass is 385 g/mol. The second-order valence-corrected chi connectivity index (χ2v) is 8.13. The molecule has 0 spiro atoms. The normalized spacial score (nSPS) is 12.5. The van der Waals surface area contributed by atoms with Gasteiger partial charge in [-0.05, 0) is 42.8 Å². The van der Waals surface area contributed by atoms with Crippen LogP contribution >= 0.6 is 0 Å². The lowest BCUT2D eigenvalue weighted by molar-refractivity contribution is 0.0911. The molecule has 1 aromatic heterocycles. The number of hydrogen-bond acceptors (Lipinski definition) is 5. The van der Waals surface area contributed by atoms with Crippen LogP contribution < -0.4 is 5.32 Å². The number of amides is 1. The molecule has 140 valence electrons. The van der Waals surface area contributed by atoms with E-state index in [9.17, 15) is 18.3 Å². The third-order valence-electron chi connectivity index (χ3n) is 4.12. The van der Waals surface area contributed by atoms with Gasteiger partial charge in [-0.3, -0.25) is 4.79 Å². The van der Waals surface area contributed by atoms with Crippen LogP contribution in [-0.2, 0) is 15.6 Å². The van der Waals surface area contributed by atoms with Gasteiger partial charge in [0.25, 0.3) is 5.91 Å². The van der Waals surface area contributed by atoms with Crippen molar-refractivity contribution in [3.63, 3.8) is 0 Å². The summed E-state index contributed by atoms with van der Waals surface area (Å²) in [6, 6.07) is 15.7. The molecule has 0 saturated heterocycles. The van der Waals surface area contributed by atoms with E-state index in [0.29, 0.717) is 11.1 Å². The molecule has 1 atom stereocenters. The van der Waals surface area contributed by atoms with Gasteiger partial charge in [-0.1, -0.05) is 30.3 Å². The summed E-state index contributed by atoms with van der Waals surface area (Å²) in [7, 11) is -3.60. The maximum Gasteiger partial charge on any atom is 0.287 e. The van der Waals surface area contributed by atoms with Crippen molar-refractivity contribution in [3.8, 4) is 5.75 Å². The Labute approximate surface area is 157 Å². The average molecular weight is 385 g/mol. The number of carbonyl (C=O) groups excluding carboxylic acids is 1. The number of carbonyl (C=O) groups is 1. The molecule has 0 radical (unpaired) electrons. The Balaban J connectivity index is 1.77. The second-order valence-electron chi connectivity index (χ2n) is 6.14. The molecule has 2 N–H and O–H groups in total. The van der Waals surface area contributed by atoms with Gasteiger partial charge in [-0.2, -0.15) is 0 Å². The highest BCUT2D eigenvalue weighted by Crippen LogP contribution is 2.22. The Morgan fingerprint density at radius 1 is 1.11 bits per heavy atom. The molecule has 1 unspecified atom stereocenters. The summed E-state index contributed by atoms with van der Waals surface area (Å²) < 4.78 is 30.4. The van der Waals surface area contributed by atoms with Crippen LogP contribution in [0.1, 0.15) is 34.6 Å². The van der Waals surface area contributed by atoms with Crippen LogP contribution in [0.5, 0.6) is 5.75 Å². The average Bonchev–Trinajstić information content (AvgIpc) is 3.10. The Kier molecular flexibility index (Phi) is 5.32. The summed E-state index contributed by atoms with van der Waals surface area (Å²) in [5.41, 5.74) is 1.01. The van der Waals surface area contributed by atoms with E-state index in [1.165, 1.54) is 30.5 Å². The van der Waals surface area contributed by atoms with E-state index in [1.807, 2.05) is 0 Å². The molecular formula is C20H19NO5S. The smallest absolute Gasteiger partial charge is 0.287 e. The third-order valence-corrected chi connectivity index (χ3v) is 5.80. The number of nitrogens with one attached hydrogen (secondary N) is 1. The van der Waals surface area contributed by atoms with E-state index >= 15 is 0 Å². The lowest BCUT2D eigenvalue weighted by Crippen LogP contribution is -2.27. The van der Waals surface area contributed by atoms with Crippen LogP contribution in [0, 0.1) is 0 Å². The van der Waals surface area contributed by atoms with E-state index < -0.39 is 21.8 Å². The fourth-order valence-corrected chi connectivity index (χ4v) is 4.08. The van der Waals surface area contributed by atoms with Crippen molar-refractivity contribution in [1.29, 1.82) is 0 Å². The Morgan fingerprint density at radius 3 is 2.56 bits per heavy atom. The molecule has 0 aliphatic heterocycles. The quantitative estimate of drug-likeness (QED) is 0.677. The molecule has 2 aromatic carbocycles. The molecule has 0 saturated carbocycles. The van der Waals surface area contributed by atoms with Crippen molar-refractivity contribution in [2.75, 3.05) is 0 Å². The van der Waals surface area contributed by atoms with Crippen LogP contribution in [-0.4, -0.2) is 19.4 Å². The first-order valence-electron chi connectivity index (χ1n) is 8.31. The first-order chi connectivity index (χ1) is 12.9. The Morgan fingerprint density at radius 2 is 1.85 bits per heavy atom. The predicted molar refractivity (Wildman–Crippen MR) is 100 cm³/mol. The molecule has 0 fully saturated rings. The number of benzene rings is 2. The van der Waals surface area contributed by atoms with Crippen molar-refractivity contribution < 1.29 is 22.7 Å². The fourth-order valence-electron chi connectivity index (χ4n) is 2.70. The maximum atomic E-state index is 12.6. The summed E-state index contributed by atoms with van der Waals surface area (Å²) in [4.78, 5) is 12.7. The van der Waals surface area contributed by atoms with Crippen LogP contribution in [0.4, 0.5) is 0 Å². The SMILES string of the molecule is CC(NC(=O)c1occc1CS(=O)(=O)c1ccccc1)c1cccc(O)c1. The molecule has 1 heterocycles. The van der Waals surface area contributed by atoms with Gasteiger partial charge in [-0.25, -0.2) is 8.42 Å². The van der Waals surface area contributed by atoms with Gasteiger partial charge >= 0.3 is 0 Å². The van der Waals surface area contributed by atoms with Gasteiger partial charge < -0.3 is 14.8 Å². The zero-order valence-corrected chi connectivity index (χ0v) is 15.4. The molecule has 7 heteroatoms. The van der Waals surface area contributed by atoms with Crippen molar-refractivity contribution in [2.45, 2.75) is 23.6 Å². The number of hydrogen-bond donors (Lipinski definition) is 2. The van der Waals surface area contributed by atoms with Gasteiger partial charge in [0.1, 0.15) is 5.75 Å². The first kappa shape index (κ1) is 18.7. The van der Waals surface area contributed by atoms with E-state index in [2.05, 4.69) is 5.32 Å². The van der Waals surface area contributed by atoms with E-state index in [4.69, 9.17) is 4.42 Å². The van der Waals surface area contributed by atoms with Crippen molar-refractivity contribution >= 4 is 15.7 Å². The second kappa shape index (κ2) is 7.67. The minimum atomic E-state index is -3.60. The van der Waals surface area contributed by atoms with E-state index in [-0.39, 0.29) is 22.2 Å². The summed E-state index contributed by atoms with van der Waals surface area (Å²) >= 11 is 0. The van der Waals surface area contributed by atoms with Gasteiger partial charge in [0.05, 0.1) is 23.0 Å². The molecular weight excluding hydrogens is 366 g/mol. The number of aromatic hydroxyl groups is 1. The summed E-state index contributed by atoms with van der Waals surface area (Å²) in [6.07, 6.45) is 1.30. The number of phenols is 1. The maximum absolute atomic E-state index is 12.6. The van der Waals surface area contributed by atoms with Crippen molar-refractivity contribution in [1.82, 2.24) is 5.32 Å². The molecule has 0 bridgehead atoms. The lowest BCUT2D eigenvalue weighted by atomic mass is 10.1. The fraction of sp³-hybridized carbons (Fsp3) is 0.150. The Hall–Kier alpha value is -3.06. The number of rotatable bonds is 6. The van der Waals surface area contributed by atoms with Crippen molar-refractivity contribution in [2.24, 2.45) is 0 Å². The van der Waals surface area contributed by atoms with Gasteiger partial charge in [0.15, 0.2) is 15.6 Å². The molecule has 3 rings (SSSR count). The van der Waals surface area contributed by atoms with Crippen LogP contribution in [0.3, 0.4) is 0 Å². The highest BCUT2D eigenvalue weighted by molar-refractivity contribution is 7.90. The van der Waals surface area contributed by atoms with Gasteiger partial charge in [-0.15, -0.1) is 0 Å². The van der Waals surface area contributed by atoms with Gasteiger partial charge in [0.2, 0.25) is 0 Å². The summed E-state index contributed by atoms with van der Waals surface area (Å²) in [6.45, 7) is 1.76. The van der Waals surface area contributed by atoms with Crippen LogP contribution in [0.15, 0.2) is 76.2 Å². The highest BCUT2D eigenvalue weighted by atomic mass is 32.2. The predicted octanol–water partition coefficient (Wildman–Crippen LogP) is 3.45. The lowest BCUT2D eigenvalue weighted by Gasteiger charge is -2.14. The molecule has 6 nitrogen and oxygen atoms in total. The topological polar surface area (TPSA) is 96.6 Å². The number of furan rings is 1. The zero-order chi connectivity index (χ0) is 19.4. The zero-order valence-electron chi connectivity index (χ0n) is 14.6. The molecule has 27 heavy (non-hydrogen) atoms. The minimum absolute atomic E-state index is 0.0403. The molecule has 0 aliphatic carbocycles. The Bertz CT molecular complexity index is 1040. The number of phenolic OH excluding ortho intramolecular Hbond substituents is 1.